The summed E-state index contributed by atoms with van der Waals surface area (Å²) in [5, 5.41) is 13.1. The number of aromatic hydroxyl groups is 1. The van der Waals surface area contributed by atoms with Gasteiger partial charge < -0.3 is 10.4 Å². The van der Waals surface area contributed by atoms with E-state index in [2.05, 4.69) is 5.32 Å². The van der Waals surface area contributed by atoms with Crippen molar-refractivity contribution in [1.82, 2.24) is 5.32 Å². The molecule has 1 heterocycles. The Morgan fingerprint density at radius 2 is 2.20 bits per heavy atom. The van der Waals surface area contributed by atoms with E-state index in [1.807, 2.05) is 0 Å². The van der Waals surface area contributed by atoms with E-state index < -0.39 is 0 Å². The lowest BCUT2D eigenvalue weighted by atomic mass is 9.95. The van der Waals surface area contributed by atoms with Crippen molar-refractivity contribution >= 4 is 0 Å². The maximum atomic E-state index is 13.6. The molecule has 1 fully saturated rings. The van der Waals surface area contributed by atoms with Crippen molar-refractivity contribution in [2.45, 2.75) is 32.2 Å². The number of benzene rings is 1. The smallest absolute Gasteiger partial charge is 0.131 e. The Kier molecular flexibility index (Phi) is 2.91. The summed E-state index contributed by atoms with van der Waals surface area (Å²) in [7, 11) is 0. The van der Waals surface area contributed by atoms with E-state index in [1.165, 1.54) is 6.07 Å². The molecule has 2 nitrogen and oxygen atoms in total. The van der Waals surface area contributed by atoms with Crippen molar-refractivity contribution in [3.05, 3.63) is 29.1 Å². The molecule has 1 aromatic carbocycles. The van der Waals surface area contributed by atoms with Gasteiger partial charge in [0, 0.05) is 11.6 Å². The lowest BCUT2D eigenvalue weighted by molar-refractivity contribution is 0.376. The van der Waals surface area contributed by atoms with Gasteiger partial charge in [0.2, 0.25) is 0 Å². The number of hydrogen-bond donors (Lipinski definition) is 2. The summed E-state index contributed by atoms with van der Waals surface area (Å²) in [6.45, 7) is 2.69. The fourth-order valence-electron chi connectivity index (χ4n) is 2.12. The molecule has 0 radical (unpaired) electrons. The molecule has 2 rings (SSSR count). The Labute approximate surface area is 89.1 Å². The van der Waals surface area contributed by atoms with Gasteiger partial charge in [0.05, 0.1) is 0 Å². The summed E-state index contributed by atoms with van der Waals surface area (Å²) in [4.78, 5) is 0. The van der Waals surface area contributed by atoms with Crippen LogP contribution in [-0.2, 0) is 0 Å². The highest BCUT2D eigenvalue weighted by molar-refractivity contribution is 5.42. The summed E-state index contributed by atoms with van der Waals surface area (Å²) in [6.07, 6.45) is 3.11. The van der Waals surface area contributed by atoms with Crippen LogP contribution in [0.5, 0.6) is 5.75 Å². The van der Waals surface area contributed by atoms with Crippen molar-refractivity contribution in [3.8, 4) is 5.75 Å². The second-order valence-electron chi connectivity index (χ2n) is 4.13. The van der Waals surface area contributed by atoms with Crippen molar-refractivity contribution in [2.24, 2.45) is 0 Å². The first kappa shape index (κ1) is 10.4. The van der Waals surface area contributed by atoms with Gasteiger partial charge in [-0.2, -0.15) is 0 Å². The van der Waals surface area contributed by atoms with Crippen LogP contribution in [0.25, 0.3) is 0 Å². The van der Waals surface area contributed by atoms with Crippen LogP contribution < -0.4 is 5.32 Å². The van der Waals surface area contributed by atoms with Gasteiger partial charge in [-0.15, -0.1) is 0 Å². The molecular weight excluding hydrogens is 193 g/mol. The average molecular weight is 209 g/mol. The fraction of sp³-hybridized carbons (Fsp3) is 0.500. The third-order valence-corrected chi connectivity index (χ3v) is 3.02. The van der Waals surface area contributed by atoms with E-state index in [1.54, 1.807) is 13.0 Å². The number of rotatable bonds is 1. The highest BCUT2D eigenvalue weighted by Gasteiger charge is 2.22. The first-order valence-corrected chi connectivity index (χ1v) is 5.41. The monoisotopic (exact) mass is 209 g/mol. The van der Waals surface area contributed by atoms with E-state index in [-0.39, 0.29) is 17.6 Å². The van der Waals surface area contributed by atoms with Gasteiger partial charge in [-0.25, -0.2) is 4.39 Å². The molecular formula is C12H16FNO. The Morgan fingerprint density at radius 3 is 2.87 bits per heavy atom. The van der Waals surface area contributed by atoms with Crippen LogP contribution in [0, 0.1) is 12.7 Å². The minimum Gasteiger partial charge on any atom is -0.507 e. The summed E-state index contributed by atoms with van der Waals surface area (Å²) in [5.74, 6) is -0.202. The van der Waals surface area contributed by atoms with Crippen molar-refractivity contribution in [1.29, 1.82) is 0 Å². The summed E-state index contributed by atoms with van der Waals surface area (Å²) >= 11 is 0. The Morgan fingerprint density at radius 1 is 1.40 bits per heavy atom. The molecule has 0 unspecified atom stereocenters. The van der Waals surface area contributed by atoms with E-state index in [0.29, 0.717) is 5.56 Å². The topological polar surface area (TPSA) is 32.3 Å². The van der Waals surface area contributed by atoms with Gasteiger partial charge in [-0.05, 0) is 37.9 Å². The fourth-order valence-corrected chi connectivity index (χ4v) is 2.12. The molecule has 0 saturated carbocycles. The van der Waals surface area contributed by atoms with Crippen molar-refractivity contribution in [2.75, 3.05) is 6.54 Å². The second kappa shape index (κ2) is 4.19. The highest BCUT2D eigenvalue weighted by atomic mass is 19.1. The second-order valence-corrected chi connectivity index (χ2v) is 4.13. The molecule has 3 heteroatoms. The third-order valence-electron chi connectivity index (χ3n) is 3.02. The Hall–Kier alpha value is -1.09. The van der Waals surface area contributed by atoms with Crippen LogP contribution in [-0.4, -0.2) is 11.7 Å². The summed E-state index contributed by atoms with van der Waals surface area (Å²) in [6, 6.07) is 3.01. The molecule has 0 aliphatic carbocycles. The van der Waals surface area contributed by atoms with Crippen molar-refractivity contribution in [3.63, 3.8) is 0 Å². The zero-order chi connectivity index (χ0) is 10.8. The van der Waals surface area contributed by atoms with Gasteiger partial charge in [0.25, 0.3) is 0 Å². The van der Waals surface area contributed by atoms with Gasteiger partial charge >= 0.3 is 0 Å². The van der Waals surface area contributed by atoms with Gasteiger partial charge in [-0.3, -0.25) is 0 Å². The number of piperidine rings is 1. The van der Waals surface area contributed by atoms with E-state index >= 15 is 0 Å². The van der Waals surface area contributed by atoms with Crippen LogP contribution in [0.15, 0.2) is 12.1 Å². The SMILES string of the molecule is Cc1ccc(F)c([C@@H]2CCCCN2)c1O. The molecule has 1 atom stereocenters. The molecule has 1 aliphatic heterocycles. The number of phenolic OH excluding ortho intramolecular Hbond substituents is 1. The van der Waals surface area contributed by atoms with Crippen LogP contribution in [0.3, 0.4) is 0 Å². The summed E-state index contributed by atoms with van der Waals surface area (Å²) < 4.78 is 13.6. The van der Waals surface area contributed by atoms with E-state index in [4.69, 9.17) is 0 Å². The predicted octanol–water partition coefficient (Wildman–Crippen LogP) is 2.65. The maximum Gasteiger partial charge on any atom is 0.131 e. The molecule has 2 N–H and O–H groups in total. The first-order chi connectivity index (χ1) is 7.20. The third kappa shape index (κ3) is 1.97. The number of nitrogens with one attached hydrogen (secondary N) is 1. The minimum absolute atomic E-state index is 0.0290. The maximum absolute atomic E-state index is 13.6. The molecule has 82 valence electrons. The standard InChI is InChI=1S/C12H16FNO/c1-8-5-6-9(13)11(12(8)15)10-4-2-3-7-14-10/h5-6,10,14-15H,2-4,7H2,1H3/t10-/m0/s1. The molecule has 1 aliphatic rings. The zero-order valence-corrected chi connectivity index (χ0v) is 8.89. The predicted molar refractivity (Wildman–Crippen MR) is 57.4 cm³/mol. The minimum atomic E-state index is -0.308. The first-order valence-electron chi connectivity index (χ1n) is 5.41. The molecule has 1 aromatic rings. The quantitative estimate of drug-likeness (QED) is 0.745. The largest absolute Gasteiger partial charge is 0.507 e. The molecule has 1 saturated heterocycles. The molecule has 0 aromatic heterocycles. The van der Waals surface area contributed by atoms with Crippen LogP contribution in [0.1, 0.15) is 36.4 Å². The highest BCUT2D eigenvalue weighted by Crippen LogP contribution is 2.34. The van der Waals surface area contributed by atoms with Crippen LogP contribution in [0.2, 0.25) is 0 Å². The number of phenols is 1. The number of hydrogen-bond acceptors (Lipinski definition) is 2. The van der Waals surface area contributed by atoms with Crippen LogP contribution in [0.4, 0.5) is 4.39 Å². The number of halogens is 1. The van der Waals surface area contributed by atoms with E-state index in [0.717, 1.165) is 31.4 Å². The lowest BCUT2D eigenvalue weighted by Gasteiger charge is -2.25. The Balaban J connectivity index is 2.36. The van der Waals surface area contributed by atoms with Gasteiger partial charge in [-0.1, -0.05) is 12.5 Å². The zero-order valence-electron chi connectivity index (χ0n) is 8.89. The normalized spacial score (nSPS) is 21.6. The van der Waals surface area contributed by atoms with E-state index in [9.17, 15) is 9.50 Å². The number of aryl methyl sites for hydroxylation is 1. The molecule has 0 bridgehead atoms. The molecule has 15 heavy (non-hydrogen) atoms. The lowest BCUT2D eigenvalue weighted by Crippen LogP contribution is -2.27. The van der Waals surface area contributed by atoms with Gasteiger partial charge in [0.1, 0.15) is 11.6 Å². The average Bonchev–Trinajstić information content (AvgIpc) is 2.26. The molecule has 0 spiro atoms. The summed E-state index contributed by atoms with van der Waals surface area (Å²) in [5.41, 5.74) is 1.17. The van der Waals surface area contributed by atoms with Crippen LogP contribution >= 0.6 is 0 Å². The van der Waals surface area contributed by atoms with Crippen molar-refractivity contribution < 1.29 is 9.50 Å². The Bertz CT molecular complexity index is 359. The molecule has 0 amide bonds. The van der Waals surface area contributed by atoms with Gasteiger partial charge in [0.15, 0.2) is 0 Å².